The molecule has 0 saturated carbocycles. The first-order chi connectivity index (χ1) is 8.12. The van der Waals surface area contributed by atoms with E-state index in [-0.39, 0.29) is 13.2 Å². The van der Waals surface area contributed by atoms with Gasteiger partial charge < -0.3 is 9.63 Å². The molecule has 0 bridgehead atoms. The number of hydrogen-bond acceptors (Lipinski definition) is 5. The van der Waals surface area contributed by atoms with Crippen molar-refractivity contribution in [2.24, 2.45) is 0 Å². The third-order valence-electron chi connectivity index (χ3n) is 1.91. The van der Waals surface area contributed by atoms with E-state index < -0.39 is 7.82 Å². The van der Waals surface area contributed by atoms with Crippen molar-refractivity contribution in [2.45, 2.75) is 39.5 Å². The van der Waals surface area contributed by atoms with E-state index in [0.717, 1.165) is 25.7 Å². The van der Waals surface area contributed by atoms with Crippen LogP contribution in [0.25, 0.3) is 0 Å². The smallest absolute Gasteiger partial charge is 0.379 e. The average Bonchev–Trinajstić information content (AvgIpc) is 2.29. The highest BCUT2D eigenvalue weighted by molar-refractivity contribution is 7.47. The molecule has 0 spiro atoms. The summed E-state index contributed by atoms with van der Waals surface area (Å²) < 4.78 is 25.1. The van der Waals surface area contributed by atoms with Gasteiger partial charge in [-0.3, -0.25) is 4.52 Å². The normalized spacial score (nSPS) is 14.8. The molecule has 0 aliphatic heterocycles. The molecule has 0 aromatic heterocycles. The minimum atomic E-state index is -4.09. The van der Waals surface area contributed by atoms with Crippen LogP contribution in [0.4, 0.5) is 0 Å². The van der Waals surface area contributed by atoms with Gasteiger partial charge in [-0.1, -0.05) is 26.2 Å². The lowest BCUT2D eigenvalue weighted by Crippen LogP contribution is -2.05. The lowest BCUT2D eigenvalue weighted by molar-refractivity contribution is -0.225. The average molecular weight is 270 g/mol. The monoisotopic (exact) mass is 270 g/mol. The summed E-state index contributed by atoms with van der Waals surface area (Å²) in [6.45, 7) is 5.01. The fourth-order valence-corrected chi connectivity index (χ4v) is 1.63. The molecule has 0 amide bonds. The second-order valence-electron chi connectivity index (χ2n) is 3.46. The minimum Gasteiger partial charge on any atom is -0.379 e. The molecular formula is C10H23O6P. The molecule has 1 N–H and O–H groups in total. The summed E-state index contributed by atoms with van der Waals surface area (Å²) in [6, 6.07) is 0. The van der Waals surface area contributed by atoms with E-state index >= 15 is 0 Å². The summed E-state index contributed by atoms with van der Waals surface area (Å²) in [5, 5.41) is 0. The van der Waals surface area contributed by atoms with Gasteiger partial charge in [-0.05, 0) is 13.3 Å². The molecular weight excluding hydrogens is 247 g/mol. The van der Waals surface area contributed by atoms with Crippen molar-refractivity contribution >= 4 is 7.82 Å². The fourth-order valence-electron chi connectivity index (χ4n) is 1.07. The molecule has 7 heteroatoms. The number of phosphoric acid groups is 1. The summed E-state index contributed by atoms with van der Waals surface area (Å²) in [5.41, 5.74) is 0. The van der Waals surface area contributed by atoms with E-state index in [1.54, 1.807) is 0 Å². The number of ether oxygens (including phenoxy) is 1. The van der Waals surface area contributed by atoms with Crippen LogP contribution in [0.5, 0.6) is 0 Å². The first-order valence-corrected chi connectivity index (χ1v) is 7.48. The molecule has 0 aliphatic rings. The van der Waals surface area contributed by atoms with Crippen LogP contribution in [0.1, 0.15) is 39.5 Å². The van der Waals surface area contributed by atoms with Gasteiger partial charge in [0.2, 0.25) is 0 Å². The summed E-state index contributed by atoms with van der Waals surface area (Å²) >= 11 is 0. The van der Waals surface area contributed by atoms with Crippen LogP contribution in [-0.2, 0) is 23.4 Å². The van der Waals surface area contributed by atoms with Crippen molar-refractivity contribution in [1.29, 1.82) is 0 Å². The highest BCUT2D eigenvalue weighted by Crippen LogP contribution is 2.43. The van der Waals surface area contributed by atoms with E-state index in [9.17, 15) is 4.57 Å². The maximum absolute atomic E-state index is 11.2. The van der Waals surface area contributed by atoms with Crippen LogP contribution in [0, 0.1) is 0 Å². The van der Waals surface area contributed by atoms with Crippen LogP contribution in [0.2, 0.25) is 0 Å². The molecule has 104 valence electrons. The van der Waals surface area contributed by atoms with Crippen LogP contribution in [-0.4, -0.2) is 31.3 Å². The van der Waals surface area contributed by atoms with Gasteiger partial charge in [0.05, 0.1) is 19.8 Å². The Labute approximate surface area is 103 Å². The third-order valence-corrected chi connectivity index (χ3v) is 2.72. The Balaban J connectivity index is 3.40. The minimum absolute atomic E-state index is 0.000806. The zero-order valence-corrected chi connectivity index (χ0v) is 11.5. The standard InChI is InChI=1S/C10H23O6P/c1-3-5-6-7-8-14-16-17(11,12)15-10-9-13-4-2/h3-10H2,1-2H3,(H,11,12). The Kier molecular flexibility index (Phi) is 11.2. The van der Waals surface area contributed by atoms with Crippen molar-refractivity contribution in [2.75, 3.05) is 26.4 Å². The fraction of sp³-hybridized carbons (Fsp3) is 1.00. The van der Waals surface area contributed by atoms with Gasteiger partial charge in [0.15, 0.2) is 0 Å². The Hall–Kier alpha value is 0.0300. The highest BCUT2D eigenvalue weighted by Gasteiger charge is 2.22. The van der Waals surface area contributed by atoms with Gasteiger partial charge in [-0.15, -0.1) is 4.67 Å². The number of unbranched alkanes of at least 4 members (excludes halogenated alkanes) is 3. The van der Waals surface area contributed by atoms with Crippen molar-refractivity contribution in [1.82, 2.24) is 0 Å². The number of phosphoric ester groups is 1. The van der Waals surface area contributed by atoms with Gasteiger partial charge in [0, 0.05) is 6.61 Å². The summed E-state index contributed by atoms with van der Waals surface area (Å²) in [5.74, 6) is 0. The Bertz CT molecular complexity index is 211. The van der Waals surface area contributed by atoms with Crippen LogP contribution >= 0.6 is 7.82 Å². The lowest BCUT2D eigenvalue weighted by Gasteiger charge is -2.10. The van der Waals surface area contributed by atoms with Crippen molar-refractivity contribution in [3.8, 4) is 0 Å². The molecule has 0 aromatic rings. The zero-order chi connectivity index (χ0) is 13.0. The number of rotatable bonds is 12. The van der Waals surface area contributed by atoms with E-state index in [4.69, 9.17) is 9.63 Å². The quantitative estimate of drug-likeness (QED) is 0.254. The number of hydrogen-bond donors (Lipinski definition) is 1. The van der Waals surface area contributed by atoms with E-state index in [0.29, 0.717) is 13.2 Å². The largest absolute Gasteiger partial charge is 0.499 e. The van der Waals surface area contributed by atoms with Gasteiger partial charge >= 0.3 is 7.82 Å². The highest BCUT2D eigenvalue weighted by atomic mass is 31.2. The molecule has 0 fully saturated rings. The van der Waals surface area contributed by atoms with Crippen molar-refractivity contribution in [3.63, 3.8) is 0 Å². The predicted octanol–water partition coefficient (Wildman–Crippen LogP) is 2.67. The third kappa shape index (κ3) is 12.3. The summed E-state index contributed by atoms with van der Waals surface area (Å²) in [4.78, 5) is 13.8. The van der Waals surface area contributed by atoms with Gasteiger partial charge in [0.1, 0.15) is 0 Å². The molecule has 0 rings (SSSR count). The summed E-state index contributed by atoms with van der Waals surface area (Å²) in [7, 11) is -4.09. The lowest BCUT2D eigenvalue weighted by atomic mass is 10.2. The SMILES string of the molecule is CCCCCCOOP(=O)(O)OCCOCC. The van der Waals surface area contributed by atoms with E-state index in [1.807, 2.05) is 6.92 Å². The van der Waals surface area contributed by atoms with E-state index in [2.05, 4.69) is 21.0 Å². The predicted molar refractivity (Wildman–Crippen MR) is 63.4 cm³/mol. The first-order valence-electron chi connectivity index (χ1n) is 5.98. The topological polar surface area (TPSA) is 74.2 Å². The molecule has 0 heterocycles. The Morgan fingerprint density at radius 1 is 1.06 bits per heavy atom. The van der Waals surface area contributed by atoms with Gasteiger partial charge in [0.25, 0.3) is 0 Å². The second-order valence-corrected chi connectivity index (χ2v) is 4.80. The van der Waals surface area contributed by atoms with Crippen molar-refractivity contribution in [3.05, 3.63) is 0 Å². The van der Waals surface area contributed by atoms with Crippen molar-refractivity contribution < 1.29 is 28.3 Å². The van der Waals surface area contributed by atoms with Crippen LogP contribution in [0.3, 0.4) is 0 Å². The van der Waals surface area contributed by atoms with Crippen LogP contribution < -0.4 is 0 Å². The second kappa shape index (κ2) is 11.1. The molecule has 1 atom stereocenters. The van der Waals surface area contributed by atoms with Gasteiger partial charge in [-0.2, -0.15) is 0 Å². The first kappa shape index (κ1) is 17.0. The molecule has 0 radical (unpaired) electrons. The van der Waals surface area contributed by atoms with E-state index in [1.165, 1.54) is 0 Å². The molecule has 0 aromatic carbocycles. The Morgan fingerprint density at radius 2 is 1.82 bits per heavy atom. The maximum Gasteiger partial charge on any atom is 0.499 e. The molecule has 1 unspecified atom stereocenters. The molecule has 0 saturated heterocycles. The molecule has 17 heavy (non-hydrogen) atoms. The molecule has 6 nitrogen and oxygen atoms in total. The zero-order valence-electron chi connectivity index (χ0n) is 10.6. The molecule has 0 aliphatic carbocycles. The van der Waals surface area contributed by atoms with Crippen LogP contribution in [0.15, 0.2) is 0 Å². The summed E-state index contributed by atoms with van der Waals surface area (Å²) in [6.07, 6.45) is 4.05. The maximum atomic E-state index is 11.2. The van der Waals surface area contributed by atoms with Gasteiger partial charge in [-0.25, -0.2) is 9.45 Å². The Morgan fingerprint density at radius 3 is 2.47 bits per heavy atom.